The Labute approximate surface area is 197 Å². The zero-order valence-corrected chi connectivity index (χ0v) is 19.0. The fourth-order valence-electron chi connectivity index (χ4n) is 3.38. The summed E-state index contributed by atoms with van der Waals surface area (Å²) in [4.78, 5) is 12.8. The molecule has 4 rings (SSSR count). The van der Waals surface area contributed by atoms with Crippen LogP contribution in [0.1, 0.15) is 11.1 Å². The van der Waals surface area contributed by atoms with Crippen molar-refractivity contribution < 1.29 is 17.4 Å². The topological polar surface area (TPSA) is 96.3 Å². The number of nitrogens with one attached hydrogen (secondary N) is 1. The molecule has 0 bridgehead atoms. The highest BCUT2D eigenvalue weighted by Gasteiger charge is 2.20. The Morgan fingerprint density at radius 1 is 0.912 bits per heavy atom. The predicted octanol–water partition coefficient (Wildman–Crippen LogP) is 5.46. The minimum Gasteiger partial charge on any atom is -0.378 e. The molecule has 0 heterocycles. The number of amides is 1. The lowest BCUT2D eigenvalue weighted by Gasteiger charge is -2.13. The number of nitriles is 1. The molecule has 4 aromatic carbocycles. The van der Waals surface area contributed by atoms with Crippen molar-refractivity contribution in [1.82, 2.24) is 0 Å². The summed E-state index contributed by atoms with van der Waals surface area (Å²) in [5, 5.41) is 13.8. The highest BCUT2D eigenvalue weighted by molar-refractivity contribution is 7.87. The summed E-state index contributed by atoms with van der Waals surface area (Å²) in [6.07, 6.45) is 1.35. The highest BCUT2D eigenvalue weighted by Crippen LogP contribution is 2.32. The largest absolute Gasteiger partial charge is 0.378 e. The van der Waals surface area contributed by atoms with Gasteiger partial charge in [-0.2, -0.15) is 13.7 Å². The second kappa shape index (κ2) is 9.61. The Morgan fingerprint density at radius 3 is 2.29 bits per heavy atom. The monoisotopic (exact) mass is 468 g/mol. The number of aryl methyl sites for hydroxylation is 1. The summed E-state index contributed by atoms with van der Waals surface area (Å²) in [5.74, 6) is -0.603. The molecule has 0 atom stereocenters. The van der Waals surface area contributed by atoms with E-state index < -0.39 is 16.0 Å². The molecule has 1 N–H and O–H groups in total. The van der Waals surface area contributed by atoms with Crippen LogP contribution >= 0.6 is 0 Å². The van der Waals surface area contributed by atoms with Gasteiger partial charge in [-0.1, -0.05) is 66.2 Å². The maximum absolute atomic E-state index is 12.9. The maximum Gasteiger partial charge on any atom is 0.339 e. The van der Waals surface area contributed by atoms with E-state index in [9.17, 15) is 18.5 Å². The molecule has 0 saturated heterocycles. The first kappa shape index (κ1) is 22.8. The molecule has 1 amide bonds. The molecular weight excluding hydrogens is 448 g/mol. The molecule has 0 spiro atoms. The van der Waals surface area contributed by atoms with Gasteiger partial charge in [-0.25, -0.2) is 0 Å². The van der Waals surface area contributed by atoms with Crippen molar-refractivity contribution in [3.63, 3.8) is 0 Å². The van der Waals surface area contributed by atoms with Crippen molar-refractivity contribution in [3.8, 4) is 11.8 Å². The Bertz CT molecular complexity index is 1540. The van der Waals surface area contributed by atoms with E-state index in [4.69, 9.17) is 4.18 Å². The second-order valence-corrected chi connectivity index (χ2v) is 9.09. The number of anilines is 1. The van der Waals surface area contributed by atoms with Gasteiger partial charge in [-0.05, 0) is 54.1 Å². The number of rotatable bonds is 6. The number of carbonyl (C=O) groups is 1. The minimum atomic E-state index is -4.15. The van der Waals surface area contributed by atoms with Gasteiger partial charge in [0.15, 0.2) is 5.75 Å². The summed E-state index contributed by atoms with van der Waals surface area (Å²) in [6, 6.07) is 27.4. The van der Waals surface area contributed by atoms with E-state index in [1.807, 2.05) is 31.2 Å². The van der Waals surface area contributed by atoms with Gasteiger partial charge in [0.2, 0.25) is 0 Å². The van der Waals surface area contributed by atoms with Gasteiger partial charge in [-0.3, -0.25) is 4.79 Å². The first-order chi connectivity index (χ1) is 16.4. The number of hydrogen-bond donors (Lipinski definition) is 1. The van der Waals surface area contributed by atoms with Crippen molar-refractivity contribution in [2.24, 2.45) is 0 Å². The number of nitrogens with zero attached hydrogens (tertiary/aromatic N) is 1. The maximum atomic E-state index is 12.9. The van der Waals surface area contributed by atoms with Crippen molar-refractivity contribution in [2.45, 2.75) is 11.8 Å². The van der Waals surface area contributed by atoms with Crippen LogP contribution in [-0.4, -0.2) is 14.3 Å². The molecular formula is C27H20N2O4S. The van der Waals surface area contributed by atoms with E-state index in [1.165, 1.54) is 24.3 Å². The predicted molar refractivity (Wildman–Crippen MR) is 132 cm³/mol. The smallest absolute Gasteiger partial charge is 0.339 e. The number of benzene rings is 4. The average molecular weight is 469 g/mol. The van der Waals surface area contributed by atoms with Crippen LogP contribution in [0.25, 0.3) is 16.8 Å². The summed E-state index contributed by atoms with van der Waals surface area (Å²) in [5.41, 5.74) is 1.56. The first-order valence-electron chi connectivity index (χ1n) is 10.4. The first-order valence-corrected chi connectivity index (χ1v) is 11.8. The Morgan fingerprint density at radius 2 is 1.59 bits per heavy atom. The lowest BCUT2D eigenvalue weighted by molar-refractivity contribution is -0.112. The van der Waals surface area contributed by atoms with E-state index in [1.54, 1.807) is 54.6 Å². The van der Waals surface area contributed by atoms with Gasteiger partial charge in [0.05, 0.1) is 0 Å². The van der Waals surface area contributed by atoms with Crippen molar-refractivity contribution in [2.75, 3.05) is 5.32 Å². The van der Waals surface area contributed by atoms with Crippen LogP contribution in [0.2, 0.25) is 0 Å². The molecule has 34 heavy (non-hydrogen) atoms. The lowest BCUT2D eigenvalue weighted by atomic mass is 10.0. The van der Waals surface area contributed by atoms with Crippen molar-refractivity contribution in [1.29, 1.82) is 5.26 Å². The standard InChI is InChI=1S/C27H20N2O4S/c1-19-11-14-23(15-12-19)34(31,32)33-26-16-13-20-7-5-6-10-24(20)25(26)17-21(18-28)27(30)29-22-8-3-2-4-9-22/h2-17H,1H3,(H,29,30)/b21-17+. The Balaban J connectivity index is 1.79. The van der Waals surface area contributed by atoms with Gasteiger partial charge in [0.1, 0.15) is 16.5 Å². The summed E-state index contributed by atoms with van der Waals surface area (Å²) < 4.78 is 31.4. The van der Waals surface area contributed by atoms with Crippen molar-refractivity contribution >= 4 is 38.6 Å². The van der Waals surface area contributed by atoms with E-state index in [-0.39, 0.29) is 16.2 Å². The number of hydrogen-bond acceptors (Lipinski definition) is 5. The average Bonchev–Trinajstić information content (AvgIpc) is 2.84. The molecule has 0 aromatic heterocycles. The molecule has 168 valence electrons. The van der Waals surface area contributed by atoms with E-state index in [0.29, 0.717) is 16.6 Å². The van der Waals surface area contributed by atoms with Crippen LogP contribution < -0.4 is 9.50 Å². The molecule has 4 aromatic rings. The number of fused-ring (bicyclic) bond motifs is 1. The van der Waals surface area contributed by atoms with Crippen LogP contribution in [0.5, 0.6) is 5.75 Å². The molecule has 0 aliphatic rings. The van der Waals surface area contributed by atoms with Crippen LogP contribution in [0.4, 0.5) is 5.69 Å². The van der Waals surface area contributed by atoms with Crippen LogP contribution in [0.3, 0.4) is 0 Å². The molecule has 0 aliphatic carbocycles. The molecule has 7 heteroatoms. The highest BCUT2D eigenvalue weighted by atomic mass is 32.2. The van der Waals surface area contributed by atoms with Crippen LogP contribution in [-0.2, 0) is 14.9 Å². The zero-order valence-electron chi connectivity index (χ0n) is 18.2. The van der Waals surface area contributed by atoms with Crippen LogP contribution in [0.15, 0.2) is 101 Å². The fourth-order valence-corrected chi connectivity index (χ4v) is 4.33. The number of para-hydroxylation sites is 1. The van der Waals surface area contributed by atoms with Gasteiger partial charge in [-0.15, -0.1) is 0 Å². The molecule has 0 saturated carbocycles. The van der Waals surface area contributed by atoms with E-state index in [2.05, 4.69) is 5.32 Å². The summed E-state index contributed by atoms with van der Waals surface area (Å²) >= 11 is 0. The Kier molecular flexibility index (Phi) is 6.44. The van der Waals surface area contributed by atoms with Gasteiger partial charge in [0.25, 0.3) is 5.91 Å². The lowest BCUT2D eigenvalue weighted by Crippen LogP contribution is -2.14. The minimum absolute atomic E-state index is 0.00326. The van der Waals surface area contributed by atoms with Gasteiger partial charge in [0, 0.05) is 11.3 Å². The molecule has 0 unspecified atom stereocenters. The molecule has 0 aliphatic heterocycles. The fraction of sp³-hybridized carbons (Fsp3) is 0.0370. The van der Waals surface area contributed by atoms with Crippen LogP contribution in [0, 0.1) is 18.3 Å². The normalized spacial score (nSPS) is 11.6. The SMILES string of the molecule is Cc1ccc(S(=O)(=O)Oc2ccc3ccccc3c2/C=C(\C#N)C(=O)Nc2ccccc2)cc1. The van der Waals surface area contributed by atoms with Gasteiger partial charge < -0.3 is 9.50 Å². The third-order valence-corrected chi connectivity index (χ3v) is 6.37. The number of carbonyl (C=O) groups excluding carboxylic acids is 1. The Hall–Kier alpha value is -4.41. The third kappa shape index (κ3) is 4.98. The van der Waals surface area contributed by atoms with Crippen molar-refractivity contribution in [3.05, 3.63) is 108 Å². The summed E-state index contributed by atoms with van der Waals surface area (Å²) in [7, 11) is -4.15. The second-order valence-electron chi connectivity index (χ2n) is 7.54. The van der Waals surface area contributed by atoms with E-state index >= 15 is 0 Å². The molecule has 6 nitrogen and oxygen atoms in total. The molecule has 0 fully saturated rings. The zero-order chi connectivity index (χ0) is 24.1. The summed E-state index contributed by atoms with van der Waals surface area (Å²) in [6.45, 7) is 1.85. The quantitative estimate of drug-likeness (QED) is 0.230. The van der Waals surface area contributed by atoms with E-state index in [0.717, 1.165) is 10.9 Å². The molecule has 0 radical (unpaired) electrons. The third-order valence-electron chi connectivity index (χ3n) is 5.13. The van der Waals surface area contributed by atoms with Gasteiger partial charge >= 0.3 is 10.1 Å².